The molecule has 2 rings (SSSR count). The highest BCUT2D eigenvalue weighted by Gasteiger charge is 2.02. The number of aromatic nitrogens is 2. The van der Waals surface area contributed by atoms with Crippen molar-refractivity contribution in [2.45, 2.75) is 6.92 Å². The molecule has 1 heterocycles. The van der Waals surface area contributed by atoms with Gasteiger partial charge in [-0.15, -0.1) is 0 Å². The molecule has 3 nitrogen and oxygen atoms in total. The lowest BCUT2D eigenvalue weighted by molar-refractivity contribution is 1.15. The molecule has 5 heteroatoms. The summed E-state index contributed by atoms with van der Waals surface area (Å²) in [5.41, 5.74) is 2.14. The monoisotopic (exact) mass is 297 g/mol. The lowest BCUT2D eigenvalue weighted by Crippen LogP contribution is -1.96. The highest BCUT2D eigenvalue weighted by atomic mass is 79.9. The van der Waals surface area contributed by atoms with Crippen LogP contribution in [0.3, 0.4) is 0 Å². The molecule has 16 heavy (non-hydrogen) atoms. The molecule has 0 aliphatic rings. The van der Waals surface area contributed by atoms with Crippen molar-refractivity contribution in [3.05, 3.63) is 45.7 Å². The predicted octanol–water partition coefficient (Wildman–Crippen LogP) is 3.94. The van der Waals surface area contributed by atoms with Crippen molar-refractivity contribution in [1.82, 2.24) is 9.97 Å². The maximum atomic E-state index is 5.87. The van der Waals surface area contributed by atoms with Gasteiger partial charge in [0.25, 0.3) is 0 Å². The third-order valence-electron chi connectivity index (χ3n) is 2.01. The molecular formula is C11H9BrClN3. The molecule has 0 saturated heterocycles. The maximum absolute atomic E-state index is 5.87. The van der Waals surface area contributed by atoms with E-state index < -0.39 is 0 Å². The molecule has 0 atom stereocenters. The van der Waals surface area contributed by atoms with Crippen LogP contribution in [0, 0.1) is 6.92 Å². The van der Waals surface area contributed by atoms with E-state index in [2.05, 4.69) is 31.2 Å². The number of benzene rings is 1. The van der Waals surface area contributed by atoms with E-state index in [0.29, 0.717) is 15.6 Å². The van der Waals surface area contributed by atoms with E-state index in [9.17, 15) is 0 Å². The van der Waals surface area contributed by atoms with Gasteiger partial charge in [-0.25, -0.2) is 4.98 Å². The fourth-order valence-electron chi connectivity index (χ4n) is 1.17. The van der Waals surface area contributed by atoms with Crippen LogP contribution in [0.5, 0.6) is 0 Å². The van der Waals surface area contributed by atoms with Gasteiger partial charge in [0.1, 0.15) is 5.15 Å². The number of hydrogen-bond donors (Lipinski definition) is 1. The van der Waals surface area contributed by atoms with Gasteiger partial charge < -0.3 is 5.32 Å². The number of rotatable bonds is 2. The molecule has 1 aromatic carbocycles. The fraction of sp³-hybridized carbons (Fsp3) is 0.0909. The number of anilines is 2. The molecule has 0 amide bonds. The van der Waals surface area contributed by atoms with E-state index in [1.165, 1.54) is 5.56 Å². The van der Waals surface area contributed by atoms with Crippen molar-refractivity contribution in [2.75, 3.05) is 5.32 Å². The normalized spacial score (nSPS) is 10.2. The van der Waals surface area contributed by atoms with Crippen molar-refractivity contribution in [2.24, 2.45) is 0 Å². The highest BCUT2D eigenvalue weighted by molar-refractivity contribution is 9.10. The summed E-state index contributed by atoms with van der Waals surface area (Å²) in [5, 5.41) is 3.46. The second kappa shape index (κ2) is 4.80. The minimum absolute atomic E-state index is 0.393. The molecular weight excluding hydrogens is 289 g/mol. The Bertz CT molecular complexity index is 499. The lowest BCUT2D eigenvalue weighted by atomic mass is 10.2. The quantitative estimate of drug-likeness (QED) is 0.853. The number of nitrogens with one attached hydrogen (secondary N) is 1. The largest absolute Gasteiger partial charge is 0.324 e. The van der Waals surface area contributed by atoms with Gasteiger partial charge in [-0.2, -0.15) is 4.98 Å². The summed E-state index contributed by atoms with van der Waals surface area (Å²) in [7, 11) is 0. The third kappa shape index (κ3) is 2.71. The van der Waals surface area contributed by atoms with Gasteiger partial charge in [-0.3, -0.25) is 0 Å². The zero-order valence-electron chi connectivity index (χ0n) is 8.54. The van der Waals surface area contributed by atoms with Gasteiger partial charge >= 0.3 is 0 Å². The summed E-state index contributed by atoms with van der Waals surface area (Å²) in [6.07, 6.45) is 1.62. The zero-order chi connectivity index (χ0) is 11.5. The first-order valence-electron chi connectivity index (χ1n) is 4.67. The standard InChI is InChI=1S/C11H9BrClN3/c1-7-2-4-8(5-3-7)15-11-14-6-9(12)10(13)16-11/h2-6H,1H3,(H,14,15,16). The molecule has 1 aromatic heterocycles. The Kier molecular flexibility index (Phi) is 3.41. The zero-order valence-corrected chi connectivity index (χ0v) is 10.9. The molecule has 0 aliphatic heterocycles. The van der Waals surface area contributed by atoms with E-state index in [1.54, 1.807) is 6.20 Å². The molecule has 0 spiro atoms. The average Bonchev–Trinajstić information content (AvgIpc) is 2.27. The minimum atomic E-state index is 0.393. The second-order valence-electron chi connectivity index (χ2n) is 3.32. The van der Waals surface area contributed by atoms with Gasteiger partial charge in [-0.1, -0.05) is 29.3 Å². The Morgan fingerprint density at radius 2 is 1.94 bits per heavy atom. The summed E-state index contributed by atoms with van der Waals surface area (Å²) in [4.78, 5) is 8.19. The Labute approximate surface area is 107 Å². The first-order valence-corrected chi connectivity index (χ1v) is 5.84. The number of aryl methyl sites for hydroxylation is 1. The highest BCUT2D eigenvalue weighted by Crippen LogP contribution is 2.21. The predicted molar refractivity (Wildman–Crippen MR) is 69.2 cm³/mol. The Hall–Kier alpha value is -1.13. The summed E-state index contributed by atoms with van der Waals surface area (Å²) in [6.45, 7) is 2.04. The molecule has 0 radical (unpaired) electrons. The topological polar surface area (TPSA) is 37.8 Å². The molecule has 0 bridgehead atoms. The molecule has 0 saturated carbocycles. The molecule has 0 aliphatic carbocycles. The van der Waals surface area contributed by atoms with Crippen LogP contribution in [0.1, 0.15) is 5.56 Å². The van der Waals surface area contributed by atoms with Crippen LogP contribution >= 0.6 is 27.5 Å². The van der Waals surface area contributed by atoms with E-state index in [1.807, 2.05) is 31.2 Å². The van der Waals surface area contributed by atoms with E-state index in [0.717, 1.165) is 5.69 Å². The number of halogens is 2. The Morgan fingerprint density at radius 1 is 1.25 bits per heavy atom. The second-order valence-corrected chi connectivity index (χ2v) is 4.54. The molecule has 1 N–H and O–H groups in total. The van der Waals surface area contributed by atoms with Crippen molar-refractivity contribution in [3.8, 4) is 0 Å². The van der Waals surface area contributed by atoms with Gasteiger partial charge in [-0.05, 0) is 35.0 Å². The van der Waals surface area contributed by atoms with Gasteiger partial charge in [0.05, 0.1) is 4.47 Å². The van der Waals surface area contributed by atoms with Gasteiger partial charge in [0, 0.05) is 11.9 Å². The van der Waals surface area contributed by atoms with Gasteiger partial charge in [0.15, 0.2) is 0 Å². The first kappa shape index (κ1) is 11.4. The van der Waals surface area contributed by atoms with Crippen molar-refractivity contribution < 1.29 is 0 Å². The maximum Gasteiger partial charge on any atom is 0.228 e. The van der Waals surface area contributed by atoms with Crippen LogP contribution in [-0.2, 0) is 0 Å². The average molecular weight is 299 g/mol. The van der Waals surface area contributed by atoms with Crippen LogP contribution in [-0.4, -0.2) is 9.97 Å². The van der Waals surface area contributed by atoms with Gasteiger partial charge in [0.2, 0.25) is 5.95 Å². The number of hydrogen-bond acceptors (Lipinski definition) is 3. The first-order chi connectivity index (χ1) is 7.65. The molecule has 0 fully saturated rings. The summed E-state index contributed by atoms with van der Waals surface area (Å²) in [5.74, 6) is 0.483. The van der Waals surface area contributed by atoms with Crippen LogP contribution in [0.25, 0.3) is 0 Å². The smallest absolute Gasteiger partial charge is 0.228 e. The van der Waals surface area contributed by atoms with E-state index >= 15 is 0 Å². The van der Waals surface area contributed by atoms with Crippen LogP contribution in [0.2, 0.25) is 5.15 Å². The lowest BCUT2D eigenvalue weighted by Gasteiger charge is -2.05. The molecule has 82 valence electrons. The summed E-state index contributed by atoms with van der Waals surface area (Å²) in [6, 6.07) is 7.97. The summed E-state index contributed by atoms with van der Waals surface area (Å²) < 4.78 is 0.684. The van der Waals surface area contributed by atoms with Crippen molar-refractivity contribution in [3.63, 3.8) is 0 Å². The Morgan fingerprint density at radius 3 is 2.56 bits per heavy atom. The van der Waals surface area contributed by atoms with E-state index in [-0.39, 0.29) is 0 Å². The third-order valence-corrected chi connectivity index (χ3v) is 3.11. The summed E-state index contributed by atoms with van der Waals surface area (Å²) >= 11 is 9.11. The number of nitrogens with zero attached hydrogens (tertiary/aromatic N) is 2. The minimum Gasteiger partial charge on any atom is -0.324 e. The van der Waals surface area contributed by atoms with Crippen LogP contribution in [0.4, 0.5) is 11.6 Å². The fourth-order valence-corrected chi connectivity index (χ4v) is 1.49. The SMILES string of the molecule is Cc1ccc(Nc2ncc(Br)c(Cl)n2)cc1. The van der Waals surface area contributed by atoms with Crippen LogP contribution in [0.15, 0.2) is 34.9 Å². The van der Waals surface area contributed by atoms with Crippen LogP contribution < -0.4 is 5.32 Å². The Balaban J connectivity index is 2.20. The van der Waals surface area contributed by atoms with E-state index in [4.69, 9.17) is 11.6 Å². The molecule has 2 aromatic rings. The molecule has 0 unspecified atom stereocenters. The van der Waals surface area contributed by atoms with Crippen molar-refractivity contribution in [1.29, 1.82) is 0 Å². The van der Waals surface area contributed by atoms with Crippen molar-refractivity contribution >= 4 is 39.2 Å².